The van der Waals surface area contributed by atoms with Crippen LogP contribution in [0.25, 0.3) is 38.3 Å². The molecule has 1 aromatic heterocycles. The van der Waals surface area contributed by atoms with Crippen molar-refractivity contribution in [3.05, 3.63) is 90.3 Å². The highest BCUT2D eigenvalue weighted by Crippen LogP contribution is 2.41. The molecule has 4 heteroatoms. The van der Waals surface area contributed by atoms with Gasteiger partial charge in [0.1, 0.15) is 5.82 Å². The Kier molecular flexibility index (Phi) is 3.92. The standard InChI is InChI=1S/C32H25BN2S/c1-18-34-25-17-19(32(2,3)4)16-24-30(25)35(18)26-14-9-15-27-29(26)33(24)28-22-12-7-5-10-20(22)21-11-6-8-13-23(21)31(28)36-27/h5-17H,1-4H3. The van der Waals surface area contributed by atoms with Crippen molar-refractivity contribution >= 4 is 67.4 Å². The second-order valence-electron chi connectivity index (χ2n) is 11.2. The van der Waals surface area contributed by atoms with Crippen molar-refractivity contribution in [1.29, 1.82) is 0 Å². The van der Waals surface area contributed by atoms with Gasteiger partial charge in [0, 0.05) is 15.5 Å². The Labute approximate surface area is 215 Å². The van der Waals surface area contributed by atoms with E-state index >= 15 is 0 Å². The van der Waals surface area contributed by atoms with E-state index in [4.69, 9.17) is 4.98 Å². The van der Waals surface area contributed by atoms with Crippen LogP contribution in [0.3, 0.4) is 0 Å². The minimum atomic E-state index is 0.0415. The minimum absolute atomic E-state index is 0.0415. The summed E-state index contributed by atoms with van der Waals surface area (Å²) < 4.78 is 2.40. The first-order valence-corrected chi connectivity index (χ1v) is 13.5. The molecule has 0 saturated carbocycles. The van der Waals surface area contributed by atoms with Gasteiger partial charge in [-0.25, -0.2) is 4.98 Å². The SMILES string of the molecule is Cc1nc2cc(C(C)(C)C)cc3c2n1-c1cccc2c1B3c1c(c3ccccc3c3ccccc13)S2. The van der Waals surface area contributed by atoms with Crippen molar-refractivity contribution in [2.24, 2.45) is 0 Å². The number of aryl methyl sites for hydroxylation is 1. The lowest BCUT2D eigenvalue weighted by atomic mass is 9.34. The predicted molar refractivity (Wildman–Crippen MR) is 155 cm³/mol. The Morgan fingerprint density at radius 2 is 1.47 bits per heavy atom. The van der Waals surface area contributed by atoms with E-state index in [1.165, 1.54) is 64.5 Å². The second kappa shape index (κ2) is 6.83. The van der Waals surface area contributed by atoms with Crippen molar-refractivity contribution in [2.75, 3.05) is 0 Å². The van der Waals surface area contributed by atoms with Crippen molar-refractivity contribution in [1.82, 2.24) is 9.55 Å². The van der Waals surface area contributed by atoms with Gasteiger partial charge in [-0.1, -0.05) is 93.2 Å². The molecule has 0 spiro atoms. The van der Waals surface area contributed by atoms with Crippen molar-refractivity contribution < 1.29 is 0 Å². The quantitative estimate of drug-likeness (QED) is 0.189. The molecule has 0 saturated heterocycles. The Morgan fingerprint density at radius 3 is 2.22 bits per heavy atom. The summed E-state index contributed by atoms with van der Waals surface area (Å²) in [7, 11) is 0. The van der Waals surface area contributed by atoms with Crippen LogP contribution in [0, 0.1) is 6.92 Å². The molecule has 0 N–H and O–H groups in total. The fourth-order valence-corrected chi connectivity index (χ4v) is 7.83. The molecule has 2 aliphatic rings. The fraction of sp³-hybridized carbons (Fsp3) is 0.156. The van der Waals surface area contributed by atoms with Gasteiger partial charge in [-0.3, -0.25) is 4.57 Å². The van der Waals surface area contributed by atoms with Gasteiger partial charge in [-0.2, -0.15) is 0 Å². The van der Waals surface area contributed by atoms with E-state index < -0.39 is 0 Å². The smallest absolute Gasteiger partial charge is 0.250 e. The topological polar surface area (TPSA) is 17.8 Å². The summed E-state index contributed by atoms with van der Waals surface area (Å²) in [5.74, 6) is 1.06. The van der Waals surface area contributed by atoms with Crippen molar-refractivity contribution in [2.45, 2.75) is 42.9 Å². The van der Waals surface area contributed by atoms with Gasteiger partial charge < -0.3 is 0 Å². The van der Waals surface area contributed by atoms with Crippen molar-refractivity contribution in [3.63, 3.8) is 0 Å². The number of nitrogens with zero attached hydrogens (tertiary/aromatic N) is 2. The van der Waals surface area contributed by atoms with Gasteiger partial charge in [-0.05, 0) is 74.0 Å². The van der Waals surface area contributed by atoms with E-state index in [0.717, 1.165) is 11.3 Å². The first-order chi connectivity index (χ1) is 17.4. The third-order valence-corrected chi connectivity index (χ3v) is 9.34. The van der Waals surface area contributed by atoms with Gasteiger partial charge in [-0.15, -0.1) is 0 Å². The summed E-state index contributed by atoms with van der Waals surface area (Å²) in [5, 5.41) is 5.39. The van der Waals surface area contributed by atoms with Crippen LogP contribution in [0.2, 0.25) is 0 Å². The Bertz CT molecular complexity index is 1930. The summed E-state index contributed by atoms with van der Waals surface area (Å²) in [4.78, 5) is 7.86. The van der Waals surface area contributed by atoms with Crippen LogP contribution in [-0.4, -0.2) is 16.3 Å². The fourth-order valence-electron chi connectivity index (χ4n) is 6.51. The van der Waals surface area contributed by atoms with E-state index in [1.54, 1.807) is 0 Å². The number of hydrogen-bond donors (Lipinski definition) is 0. The normalized spacial score (nSPS) is 13.9. The number of fused-ring (bicyclic) bond motifs is 9. The molecule has 0 radical (unpaired) electrons. The highest BCUT2D eigenvalue weighted by atomic mass is 32.2. The predicted octanol–water partition coefficient (Wildman–Crippen LogP) is 6.23. The zero-order chi connectivity index (χ0) is 24.3. The third kappa shape index (κ3) is 2.53. The Hall–Kier alpha value is -3.50. The molecule has 2 aliphatic heterocycles. The average Bonchev–Trinajstić information content (AvgIpc) is 3.22. The highest BCUT2D eigenvalue weighted by Gasteiger charge is 2.41. The lowest BCUT2D eigenvalue weighted by Gasteiger charge is -2.35. The second-order valence-corrected chi connectivity index (χ2v) is 12.3. The molecule has 0 fully saturated rings. The summed E-state index contributed by atoms with van der Waals surface area (Å²) in [6.07, 6.45) is 0. The highest BCUT2D eigenvalue weighted by molar-refractivity contribution is 8.00. The van der Waals surface area contributed by atoms with E-state index in [2.05, 4.69) is 111 Å². The molecule has 8 rings (SSSR count). The van der Waals surface area contributed by atoms with E-state index in [0.29, 0.717) is 0 Å². The maximum absolute atomic E-state index is 5.10. The lowest BCUT2D eigenvalue weighted by Crippen LogP contribution is -2.59. The minimum Gasteiger partial charge on any atom is -0.298 e. The zero-order valence-corrected chi connectivity index (χ0v) is 21.7. The van der Waals surface area contributed by atoms with Crippen LogP contribution in [0.4, 0.5) is 0 Å². The number of hydrogen-bond acceptors (Lipinski definition) is 2. The Morgan fingerprint density at radius 1 is 0.778 bits per heavy atom. The summed E-state index contributed by atoms with van der Waals surface area (Å²) >= 11 is 1.94. The average molecular weight is 480 g/mol. The molecule has 172 valence electrons. The summed E-state index contributed by atoms with van der Waals surface area (Å²) in [6, 6.07) is 29.5. The molecule has 0 atom stereocenters. The van der Waals surface area contributed by atoms with Crippen LogP contribution in [-0.2, 0) is 5.41 Å². The molecule has 0 bridgehead atoms. The maximum atomic E-state index is 5.10. The van der Waals surface area contributed by atoms with E-state index in [-0.39, 0.29) is 12.1 Å². The van der Waals surface area contributed by atoms with Crippen LogP contribution < -0.4 is 16.4 Å². The molecule has 2 nitrogen and oxygen atoms in total. The number of rotatable bonds is 0. The lowest BCUT2D eigenvalue weighted by molar-refractivity contribution is 0.591. The molecule has 0 unspecified atom stereocenters. The molecule has 0 aliphatic carbocycles. The van der Waals surface area contributed by atoms with Crippen LogP contribution in [0.15, 0.2) is 88.7 Å². The molecular weight excluding hydrogens is 455 g/mol. The molecule has 5 aromatic carbocycles. The van der Waals surface area contributed by atoms with Crippen LogP contribution in [0.1, 0.15) is 32.2 Å². The van der Waals surface area contributed by atoms with Gasteiger partial charge in [0.05, 0.1) is 11.0 Å². The molecule has 6 aromatic rings. The van der Waals surface area contributed by atoms with Gasteiger partial charge >= 0.3 is 0 Å². The molecule has 3 heterocycles. The largest absolute Gasteiger partial charge is 0.298 e. The molecule has 0 amide bonds. The first-order valence-electron chi connectivity index (χ1n) is 12.7. The summed E-state index contributed by atoms with van der Waals surface area (Å²) in [5.41, 5.74) is 9.31. The first kappa shape index (κ1) is 20.7. The summed E-state index contributed by atoms with van der Waals surface area (Å²) in [6.45, 7) is 9.24. The van der Waals surface area contributed by atoms with E-state index in [1.807, 2.05) is 11.8 Å². The maximum Gasteiger partial charge on any atom is 0.250 e. The zero-order valence-electron chi connectivity index (χ0n) is 20.9. The van der Waals surface area contributed by atoms with E-state index in [9.17, 15) is 0 Å². The van der Waals surface area contributed by atoms with Gasteiger partial charge in [0.25, 0.3) is 6.71 Å². The van der Waals surface area contributed by atoms with Crippen molar-refractivity contribution in [3.8, 4) is 5.69 Å². The van der Waals surface area contributed by atoms with Crippen LogP contribution in [0.5, 0.6) is 0 Å². The monoisotopic (exact) mass is 480 g/mol. The van der Waals surface area contributed by atoms with Gasteiger partial charge in [0.15, 0.2) is 0 Å². The number of aromatic nitrogens is 2. The van der Waals surface area contributed by atoms with Crippen LogP contribution >= 0.6 is 11.8 Å². The van der Waals surface area contributed by atoms with Gasteiger partial charge in [0.2, 0.25) is 0 Å². The third-order valence-electron chi connectivity index (χ3n) is 8.12. The Balaban J connectivity index is 1.61. The molecular formula is C32H25BN2S. The molecule has 36 heavy (non-hydrogen) atoms. The number of imidazole rings is 1. The number of benzene rings is 5.